The van der Waals surface area contributed by atoms with Crippen LogP contribution in [-0.4, -0.2) is 44.2 Å². The van der Waals surface area contributed by atoms with Crippen LogP contribution in [0.3, 0.4) is 0 Å². The molecule has 0 unspecified atom stereocenters. The molecule has 6 nitrogen and oxygen atoms in total. The van der Waals surface area contributed by atoms with E-state index in [0.29, 0.717) is 5.76 Å². The fourth-order valence-corrected chi connectivity index (χ4v) is 3.81. The van der Waals surface area contributed by atoms with Gasteiger partial charge < -0.3 is 19.2 Å². The summed E-state index contributed by atoms with van der Waals surface area (Å²) < 4.78 is 16.4. The Labute approximate surface area is 170 Å². The van der Waals surface area contributed by atoms with Crippen molar-refractivity contribution in [1.82, 2.24) is 10.2 Å². The lowest BCUT2D eigenvalue weighted by molar-refractivity contribution is 0.0883. The molecule has 0 atom stereocenters. The number of piperidine rings is 1. The van der Waals surface area contributed by atoms with Crippen molar-refractivity contribution < 1.29 is 18.7 Å². The van der Waals surface area contributed by atoms with E-state index in [4.69, 9.17) is 13.9 Å². The van der Waals surface area contributed by atoms with Gasteiger partial charge in [0.25, 0.3) is 5.91 Å². The molecule has 0 bridgehead atoms. The molecular weight excluding hydrogens is 368 g/mol. The van der Waals surface area contributed by atoms with Gasteiger partial charge in [0.1, 0.15) is 17.1 Å². The third-order valence-corrected chi connectivity index (χ3v) is 5.46. The van der Waals surface area contributed by atoms with Crippen molar-refractivity contribution in [3.05, 3.63) is 59.9 Å². The molecule has 3 aromatic rings. The maximum absolute atomic E-state index is 12.6. The SMILES string of the molecule is COc1ccc(CN2CCC(NC(=O)c3cc4ccccc4o3)CC2)c(OC)c1. The molecule has 0 spiro atoms. The van der Waals surface area contributed by atoms with Crippen molar-refractivity contribution in [2.24, 2.45) is 0 Å². The van der Waals surface area contributed by atoms with Crippen LogP contribution in [0.25, 0.3) is 11.0 Å². The number of fused-ring (bicyclic) bond motifs is 1. The lowest BCUT2D eigenvalue weighted by Gasteiger charge is -2.32. The molecule has 2 heterocycles. The van der Waals surface area contributed by atoms with E-state index in [0.717, 1.165) is 60.5 Å². The summed E-state index contributed by atoms with van der Waals surface area (Å²) in [5.41, 5.74) is 1.87. The second-order valence-electron chi connectivity index (χ2n) is 7.35. The van der Waals surface area contributed by atoms with Crippen LogP contribution in [0.4, 0.5) is 0 Å². The quantitative estimate of drug-likeness (QED) is 0.688. The first-order valence-corrected chi connectivity index (χ1v) is 9.89. The van der Waals surface area contributed by atoms with Crippen LogP contribution < -0.4 is 14.8 Å². The van der Waals surface area contributed by atoms with Gasteiger partial charge in [0.15, 0.2) is 5.76 Å². The Morgan fingerprint density at radius 3 is 2.62 bits per heavy atom. The zero-order valence-corrected chi connectivity index (χ0v) is 16.8. The molecule has 4 rings (SSSR count). The normalized spacial score (nSPS) is 15.4. The lowest BCUT2D eigenvalue weighted by Crippen LogP contribution is -2.44. The summed E-state index contributed by atoms with van der Waals surface area (Å²) in [6, 6.07) is 15.5. The Kier molecular flexibility index (Phi) is 5.71. The number of carbonyl (C=O) groups excluding carboxylic acids is 1. The molecule has 6 heteroatoms. The topological polar surface area (TPSA) is 63.9 Å². The number of hydrogen-bond donors (Lipinski definition) is 1. The van der Waals surface area contributed by atoms with Crippen LogP contribution in [0.15, 0.2) is 52.9 Å². The summed E-state index contributed by atoms with van der Waals surface area (Å²) in [7, 11) is 3.33. The predicted molar refractivity (Wildman–Crippen MR) is 112 cm³/mol. The summed E-state index contributed by atoms with van der Waals surface area (Å²) in [6.45, 7) is 2.65. The molecule has 1 saturated heterocycles. The summed E-state index contributed by atoms with van der Waals surface area (Å²) in [5, 5.41) is 4.06. The van der Waals surface area contributed by atoms with E-state index >= 15 is 0 Å². The number of furan rings is 1. The van der Waals surface area contributed by atoms with E-state index in [1.807, 2.05) is 42.5 Å². The van der Waals surface area contributed by atoms with E-state index < -0.39 is 0 Å². The van der Waals surface area contributed by atoms with Crippen molar-refractivity contribution in [2.75, 3.05) is 27.3 Å². The van der Waals surface area contributed by atoms with Crippen LogP contribution in [0.2, 0.25) is 0 Å². The molecule has 0 saturated carbocycles. The van der Waals surface area contributed by atoms with Gasteiger partial charge in [-0.2, -0.15) is 0 Å². The summed E-state index contributed by atoms with van der Waals surface area (Å²) >= 11 is 0. The van der Waals surface area contributed by atoms with Crippen LogP contribution in [0.5, 0.6) is 11.5 Å². The van der Waals surface area contributed by atoms with Gasteiger partial charge in [0.05, 0.1) is 14.2 Å². The Balaban J connectivity index is 1.32. The van der Waals surface area contributed by atoms with E-state index in [1.54, 1.807) is 20.3 Å². The van der Waals surface area contributed by atoms with Crippen LogP contribution >= 0.6 is 0 Å². The highest BCUT2D eigenvalue weighted by Crippen LogP contribution is 2.27. The first-order chi connectivity index (χ1) is 14.2. The average molecular weight is 394 g/mol. The molecule has 0 radical (unpaired) electrons. The fraction of sp³-hybridized carbons (Fsp3) is 0.348. The highest BCUT2D eigenvalue weighted by Gasteiger charge is 2.23. The average Bonchev–Trinajstić information content (AvgIpc) is 3.20. The fourth-order valence-electron chi connectivity index (χ4n) is 3.81. The molecule has 1 amide bonds. The zero-order chi connectivity index (χ0) is 20.2. The molecular formula is C23H26N2O4. The number of hydrogen-bond acceptors (Lipinski definition) is 5. The first-order valence-electron chi connectivity index (χ1n) is 9.89. The number of para-hydroxylation sites is 1. The molecule has 29 heavy (non-hydrogen) atoms. The first kappa shape index (κ1) is 19.3. The maximum atomic E-state index is 12.6. The van der Waals surface area contributed by atoms with Crippen LogP contribution in [0, 0.1) is 0 Å². The third kappa shape index (κ3) is 4.38. The van der Waals surface area contributed by atoms with Gasteiger partial charge in [0.2, 0.25) is 0 Å². The molecule has 1 N–H and O–H groups in total. The highest BCUT2D eigenvalue weighted by molar-refractivity contribution is 5.96. The van der Waals surface area contributed by atoms with E-state index in [2.05, 4.69) is 10.2 Å². The Hall–Kier alpha value is -2.99. The number of nitrogens with one attached hydrogen (secondary N) is 1. The number of benzene rings is 2. The molecule has 2 aromatic carbocycles. The van der Waals surface area contributed by atoms with Crippen molar-refractivity contribution in [2.45, 2.75) is 25.4 Å². The van der Waals surface area contributed by atoms with Gasteiger partial charge >= 0.3 is 0 Å². The number of methoxy groups -OCH3 is 2. The summed E-state index contributed by atoms with van der Waals surface area (Å²) in [4.78, 5) is 14.9. The van der Waals surface area contributed by atoms with E-state index in [9.17, 15) is 4.79 Å². The summed E-state index contributed by atoms with van der Waals surface area (Å²) in [5.74, 6) is 1.86. The van der Waals surface area contributed by atoms with Crippen LogP contribution in [-0.2, 0) is 6.54 Å². The Bertz CT molecular complexity index is 956. The number of rotatable bonds is 6. The lowest BCUT2D eigenvalue weighted by atomic mass is 10.0. The van der Waals surface area contributed by atoms with E-state index in [-0.39, 0.29) is 11.9 Å². The number of amides is 1. The number of nitrogens with zero attached hydrogens (tertiary/aromatic N) is 1. The molecule has 1 aliphatic heterocycles. The van der Waals surface area contributed by atoms with Gasteiger partial charge in [0, 0.05) is 42.7 Å². The maximum Gasteiger partial charge on any atom is 0.287 e. The minimum absolute atomic E-state index is 0.142. The molecule has 1 aliphatic rings. The largest absolute Gasteiger partial charge is 0.497 e. The Morgan fingerprint density at radius 1 is 1.10 bits per heavy atom. The second kappa shape index (κ2) is 8.57. The molecule has 1 aromatic heterocycles. The number of ether oxygens (including phenoxy) is 2. The predicted octanol–water partition coefficient (Wildman–Crippen LogP) is 3.84. The van der Waals surface area contributed by atoms with Gasteiger partial charge in [-0.3, -0.25) is 9.69 Å². The van der Waals surface area contributed by atoms with Crippen molar-refractivity contribution in [1.29, 1.82) is 0 Å². The third-order valence-electron chi connectivity index (χ3n) is 5.46. The monoisotopic (exact) mass is 394 g/mol. The van der Waals surface area contributed by atoms with Gasteiger partial charge in [-0.15, -0.1) is 0 Å². The Morgan fingerprint density at radius 2 is 1.90 bits per heavy atom. The smallest absolute Gasteiger partial charge is 0.287 e. The molecule has 152 valence electrons. The van der Waals surface area contributed by atoms with Gasteiger partial charge in [-0.25, -0.2) is 0 Å². The number of likely N-dealkylation sites (tertiary alicyclic amines) is 1. The van der Waals surface area contributed by atoms with E-state index in [1.165, 1.54) is 0 Å². The van der Waals surface area contributed by atoms with Crippen molar-refractivity contribution >= 4 is 16.9 Å². The molecule has 0 aliphatic carbocycles. The van der Waals surface area contributed by atoms with Crippen molar-refractivity contribution in [3.63, 3.8) is 0 Å². The number of carbonyl (C=O) groups is 1. The van der Waals surface area contributed by atoms with Gasteiger partial charge in [-0.1, -0.05) is 24.3 Å². The highest BCUT2D eigenvalue weighted by atomic mass is 16.5. The van der Waals surface area contributed by atoms with Gasteiger partial charge in [-0.05, 0) is 31.0 Å². The minimum Gasteiger partial charge on any atom is -0.497 e. The minimum atomic E-state index is -0.142. The zero-order valence-electron chi connectivity index (χ0n) is 16.8. The van der Waals surface area contributed by atoms with Crippen molar-refractivity contribution in [3.8, 4) is 11.5 Å². The van der Waals surface area contributed by atoms with Crippen LogP contribution in [0.1, 0.15) is 29.0 Å². The summed E-state index contributed by atoms with van der Waals surface area (Å²) in [6.07, 6.45) is 1.81. The molecule has 1 fully saturated rings. The second-order valence-corrected chi connectivity index (χ2v) is 7.35. The standard InChI is InChI=1S/C23H26N2O4/c1-27-19-8-7-17(21(14-19)28-2)15-25-11-9-18(10-12-25)24-23(26)22-13-16-5-3-4-6-20(16)29-22/h3-8,13-14,18H,9-12,15H2,1-2H3,(H,24,26).